The second-order valence-corrected chi connectivity index (χ2v) is 6.64. The molecule has 0 amide bonds. The van der Waals surface area contributed by atoms with Crippen molar-refractivity contribution >= 4 is 17.3 Å². The molecule has 3 rings (SSSR count). The Morgan fingerprint density at radius 1 is 1.14 bits per heavy atom. The smallest absolute Gasteiger partial charge is 0.329 e. The number of esters is 1. The molecule has 0 N–H and O–H groups in total. The van der Waals surface area contributed by atoms with Gasteiger partial charge >= 0.3 is 5.97 Å². The van der Waals surface area contributed by atoms with Crippen LogP contribution >= 0.6 is 0 Å². The monoisotopic (exact) mass is 315 g/mol. The lowest BCUT2D eigenvalue weighted by Crippen LogP contribution is -2.20. The zero-order chi connectivity index (χ0) is 15.7. The maximum atomic E-state index is 12.8. The van der Waals surface area contributed by atoms with Crippen LogP contribution in [0.1, 0.15) is 17.2 Å². The zero-order valence-electron chi connectivity index (χ0n) is 12.4. The van der Waals surface area contributed by atoms with Crippen molar-refractivity contribution in [3.63, 3.8) is 0 Å². The topological polar surface area (TPSA) is 52.4 Å². The first-order chi connectivity index (χ1) is 10.6. The van der Waals surface area contributed by atoms with Crippen molar-refractivity contribution in [2.45, 2.75) is 23.9 Å². The predicted molar refractivity (Wildman–Crippen MR) is 84.4 cm³/mol. The second-order valence-electron chi connectivity index (χ2n) is 5.25. The van der Waals surface area contributed by atoms with Gasteiger partial charge in [0.2, 0.25) is 0 Å². The molecule has 1 fully saturated rings. The minimum Gasteiger partial charge on any atom is -0.593 e. The van der Waals surface area contributed by atoms with E-state index < -0.39 is 17.4 Å². The van der Waals surface area contributed by atoms with Gasteiger partial charge in [-0.15, -0.1) is 0 Å². The van der Waals surface area contributed by atoms with Crippen LogP contribution in [-0.4, -0.2) is 28.0 Å². The fraction of sp³-hybridized carbons (Fsp3) is 0.235. The lowest BCUT2D eigenvalue weighted by Gasteiger charge is -2.11. The Bertz CT molecular complexity index is 659. The lowest BCUT2D eigenvalue weighted by molar-refractivity contribution is -0.140. The number of rotatable bonds is 4. The fourth-order valence-corrected chi connectivity index (χ4v) is 3.94. The summed E-state index contributed by atoms with van der Waals surface area (Å²) in [5.41, 5.74) is 2.08. The van der Waals surface area contributed by atoms with E-state index in [1.807, 2.05) is 61.5 Å². The average Bonchev–Trinajstić information content (AvgIpc) is 3.30. The molecule has 4 atom stereocenters. The van der Waals surface area contributed by atoms with E-state index in [9.17, 15) is 9.35 Å². The fourth-order valence-electron chi connectivity index (χ4n) is 2.53. The Kier molecular flexibility index (Phi) is 4.20. The SMILES string of the molecule is COC(=O)[C@@H]1[C@@H](c2ccccc2)N1[S+]([O-])c1ccc(C)cc1. The average molecular weight is 315 g/mol. The van der Waals surface area contributed by atoms with Crippen LogP contribution in [0.5, 0.6) is 0 Å². The van der Waals surface area contributed by atoms with Gasteiger partial charge in [-0.25, -0.2) is 0 Å². The molecule has 0 saturated carbocycles. The van der Waals surface area contributed by atoms with E-state index in [1.165, 1.54) is 7.11 Å². The largest absolute Gasteiger partial charge is 0.593 e. The summed E-state index contributed by atoms with van der Waals surface area (Å²) < 4.78 is 19.3. The number of hydrogen-bond acceptors (Lipinski definition) is 4. The molecule has 114 valence electrons. The van der Waals surface area contributed by atoms with Crippen LogP contribution in [-0.2, 0) is 20.9 Å². The highest BCUT2D eigenvalue weighted by atomic mass is 32.2. The summed E-state index contributed by atoms with van der Waals surface area (Å²) in [6, 6.07) is 16.4. The maximum absolute atomic E-state index is 12.8. The molecule has 0 bridgehead atoms. The molecule has 0 radical (unpaired) electrons. The van der Waals surface area contributed by atoms with E-state index in [0.717, 1.165) is 11.1 Å². The third-order valence-electron chi connectivity index (χ3n) is 3.76. The predicted octanol–water partition coefficient (Wildman–Crippen LogP) is 2.62. The first-order valence-electron chi connectivity index (χ1n) is 7.03. The first kappa shape index (κ1) is 15.1. The summed E-state index contributed by atoms with van der Waals surface area (Å²) >= 11 is -1.38. The molecule has 5 heteroatoms. The minimum atomic E-state index is -1.38. The number of carbonyl (C=O) groups is 1. The molecule has 1 heterocycles. The van der Waals surface area contributed by atoms with Crippen molar-refractivity contribution in [2.75, 3.05) is 7.11 Å². The molecule has 0 aromatic heterocycles. The number of benzene rings is 2. The summed E-state index contributed by atoms with van der Waals surface area (Å²) in [7, 11) is 1.36. The highest BCUT2D eigenvalue weighted by Gasteiger charge is 2.62. The minimum absolute atomic E-state index is 0.198. The second kappa shape index (κ2) is 6.12. The van der Waals surface area contributed by atoms with Gasteiger partial charge in [-0.2, -0.15) is 0 Å². The lowest BCUT2D eigenvalue weighted by atomic mass is 10.1. The Hall–Kier alpha value is -1.82. The van der Waals surface area contributed by atoms with Crippen molar-refractivity contribution in [3.05, 3.63) is 65.7 Å². The summed E-state index contributed by atoms with van der Waals surface area (Å²) in [6.45, 7) is 1.98. The van der Waals surface area contributed by atoms with Gasteiger partial charge in [0.15, 0.2) is 10.9 Å². The highest BCUT2D eigenvalue weighted by Crippen LogP contribution is 2.48. The Morgan fingerprint density at radius 3 is 2.36 bits per heavy atom. The summed E-state index contributed by atoms with van der Waals surface area (Å²) in [6.07, 6.45) is 0. The van der Waals surface area contributed by atoms with Crippen LogP contribution in [0, 0.1) is 6.92 Å². The molecule has 1 aliphatic rings. The van der Waals surface area contributed by atoms with E-state index in [1.54, 1.807) is 4.31 Å². The molecule has 1 aliphatic heterocycles. The van der Waals surface area contributed by atoms with Gasteiger partial charge < -0.3 is 9.29 Å². The van der Waals surface area contributed by atoms with Crippen molar-refractivity contribution in [2.24, 2.45) is 0 Å². The molecule has 2 aromatic carbocycles. The van der Waals surface area contributed by atoms with Gasteiger partial charge in [-0.1, -0.05) is 52.3 Å². The third kappa shape index (κ3) is 2.75. The Morgan fingerprint density at radius 2 is 1.77 bits per heavy atom. The van der Waals surface area contributed by atoms with Crippen LogP contribution in [0.3, 0.4) is 0 Å². The first-order valence-corrected chi connectivity index (χ1v) is 8.14. The van der Waals surface area contributed by atoms with Crippen LogP contribution in [0.25, 0.3) is 0 Å². The molecule has 22 heavy (non-hydrogen) atoms. The summed E-state index contributed by atoms with van der Waals surface area (Å²) in [5, 5.41) is 0. The van der Waals surface area contributed by atoms with Crippen molar-refractivity contribution in [1.29, 1.82) is 0 Å². The quantitative estimate of drug-likeness (QED) is 0.494. The number of methoxy groups -OCH3 is 1. The van der Waals surface area contributed by atoms with Crippen LogP contribution in [0.2, 0.25) is 0 Å². The summed E-state index contributed by atoms with van der Waals surface area (Å²) in [4.78, 5) is 12.7. The van der Waals surface area contributed by atoms with Crippen LogP contribution in [0.4, 0.5) is 0 Å². The molecule has 2 unspecified atom stereocenters. The number of aryl methyl sites for hydroxylation is 1. The Balaban J connectivity index is 1.87. The third-order valence-corrected chi connectivity index (χ3v) is 5.27. The van der Waals surface area contributed by atoms with Crippen molar-refractivity contribution in [3.8, 4) is 0 Å². The zero-order valence-corrected chi connectivity index (χ0v) is 13.2. The van der Waals surface area contributed by atoms with Gasteiger partial charge in [0.05, 0.1) is 18.5 Å². The standard InChI is InChI=1S/C17H17NO3S/c1-12-8-10-14(11-9-12)22(20)18-15(16(18)17(19)21-2)13-6-4-3-5-7-13/h3-11,15-16H,1-2H3/t15-,16+,18?,22?/m1/s1. The van der Waals surface area contributed by atoms with E-state index in [4.69, 9.17) is 4.74 Å². The van der Waals surface area contributed by atoms with E-state index in [0.29, 0.717) is 4.90 Å². The number of hydrogen-bond donors (Lipinski definition) is 0. The highest BCUT2D eigenvalue weighted by molar-refractivity contribution is 7.89. The maximum Gasteiger partial charge on any atom is 0.329 e. The summed E-state index contributed by atoms with van der Waals surface area (Å²) in [5.74, 6) is -0.352. The Labute approximate surface area is 133 Å². The molecule has 0 spiro atoms. The van der Waals surface area contributed by atoms with Gasteiger partial charge in [0.25, 0.3) is 0 Å². The van der Waals surface area contributed by atoms with Gasteiger partial charge in [0, 0.05) is 0 Å². The van der Waals surface area contributed by atoms with E-state index in [-0.39, 0.29) is 12.0 Å². The van der Waals surface area contributed by atoms with Crippen LogP contribution < -0.4 is 0 Å². The van der Waals surface area contributed by atoms with Gasteiger partial charge in [0.1, 0.15) is 6.04 Å². The normalized spacial score (nSPS) is 24.6. The van der Waals surface area contributed by atoms with Gasteiger partial charge in [-0.05, 0) is 24.6 Å². The van der Waals surface area contributed by atoms with Gasteiger partial charge in [-0.3, -0.25) is 4.79 Å². The van der Waals surface area contributed by atoms with E-state index in [2.05, 4.69) is 0 Å². The molecule has 0 aliphatic carbocycles. The van der Waals surface area contributed by atoms with E-state index >= 15 is 0 Å². The van der Waals surface area contributed by atoms with Crippen LogP contribution in [0.15, 0.2) is 59.5 Å². The molecule has 4 nitrogen and oxygen atoms in total. The van der Waals surface area contributed by atoms with Crippen molar-refractivity contribution < 1.29 is 14.1 Å². The molecular formula is C17H17NO3S. The molecule has 1 saturated heterocycles. The molecular weight excluding hydrogens is 298 g/mol. The number of carbonyl (C=O) groups excluding carboxylic acids is 1. The number of ether oxygens (including phenoxy) is 1. The molecule has 2 aromatic rings. The van der Waals surface area contributed by atoms with Crippen molar-refractivity contribution in [1.82, 2.24) is 4.31 Å². The number of nitrogens with zero attached hydrogens (tertiary/aromatic N) is 1.